The van der Waals surface area contributed by atoms with Gasteiger partial charge in [0.25, 0.3) is 0 Å². The van der Waals surface area contributed by atoms with E-state index in [0.717, 1.165) is 24.9 Å². The molecule has 0 amide bonds. The Morgan fingerprint density at radius 2 is 1.89 bits per heavy atom. The highest BCUT2D eigenvalue weighted by Gasteiger charge is 2.31. The molecular formula is C19H26F3N3O3. The third kappa shape index (κ3) is 7.05. The number of ether oxygens (including phenoxy) is 3. The maximum Gasteiger partial charge on any atom is 0.573 e. The number of H-pyrrole nitrogens is 1. The number of aromatic nitrogens is 2. The molecule has 0 unspecified atom stereocenters. The molecular weight excluding hydrogens is 375 g/mol. The Labute approximate surface area is 162 Å². The van der Waals surface area contributed by atoms with Crippen LogP contribution in [0.5, 0.6) is 11.5 Å². The number of halogens is 3. The zero-order valence-electron chi connectivity index (χ0n) is 16.3. The zero-order valence-corrected chi connectivity index (χ0v) is 16.3. The van der Waals surface area contributed by atoms with E-state index in [1.165, 1.54) is 19.2 Å². The topological polar surface area (TPSA) is 59.6 Å². The van der Waals surface area contributed by atoms with Crippen LogP contribution in [-0.2, 0) is 11.3 Å². The molecule has 1 aromatic carbocycles. The number of benzene rings is 1. The van der Waals surface area contributed by atoms with Gasteiger partial charge in [0.05, 0.1) is 18.5 Å². The fourth-order valence-corrected chi connectivity index (χ4v) is 2.71. The summed E-state index contributed by atoms with van der Waals surface area (Å²) in [6.07, 6.45) is -0.961. The van der Waals surface area contributed by atoms with E-state index >= 15 is 0 Å². The lowest BCUT2D eigenvalue weighted by Crippen LogP contribution is -2.19. The number of hydrogen-bond donors (Lipinski definition) is 1. The van der Waals surface area contributed by atoms with Crippen molar-refractivity contribution in [3.8, 4) is 22.8 Å². The summed E-state index contributed by atoms with van der Waals surface area (Å²) in [4.78, 5) is 2.14. The molecule has 0 bridgehead atoms. The summed E-state index contributed by atoms with van der Waals surface area (Å²) in [5.41, 5.74) is 2.02. The van der Waals surface area contributed by atoms with Gasteiger partial charge in [0.1, 0.15) is 18.1 Å². The highest BCUT2D eigenvalue weighted by Crippen LogP contribution is 2.33. The van der Waals surface area contributed by atoms with Gasteiger partial charge >= 0.3 is 6.36 Å². The number of hydrogen-bond acceptors (Lipinski definition) is 5. The van der Waals surface area contributed by atoms with Crippen LogP contribution in [0.1, 0.15) is 25.3 Å². The smallest absolute Gasteiger partial charge is 0.491 e. The molecule has 156 valence electrons. The second kappa shape index (κ2) is 10.3. The Balaban J connectivity index is 2.29. The number of unbranched alkanes of at least 4 members (excludes halogenated alkanes) is 1. The van der Waals surface area contributed by atoms with Crippen molar-refractivity contribution in [3.05, 3.63) is 30.0 Å². The van der Waals surface area contributed by atoms with E-state index in [9.17, 15) is 13.2 Å². The average molecular weight is 401 g/mol. The summed E-state index contributed by atoms with van der Waals surface area (Å²) in [5, 5.41) is 6.94. The lowest BCUT2D eigenvalue weighted by Gasteiger charge is -2.17. The van der Waals surface area contributed by atoms with E-state index < -0.39 is 6.36 Å². The van der Waals surface area contributed by atoms with Gasteiger partial charge < -0.3 is 19.1 Å². The van der Waals surface area contributed by atoms with Crippen LogP contribution < -0.4 is 9.47 Å². The van der Waals surface area contributed by atoms with Crippen LogP contribution >= 0.6 is 0 Å². The minimum atomic E-state index is -4.79. The van der Waals surface area contributed by atoms with Gasteiger partial charge in [-0.2, -0.15) is 5.10 Å². The first-order valence-corrected chi connectivity index (χ1v) is 9.06. The molecule has 0 aliphatic rings. The molecule has 2 aromatic rings. The van der Waals surface area contributed by atoms with Crippen LogP contribution in [0.15, 0.2) is 24.4 Å². The molecule has 9 heteroatoms. The molecule has 0 fully saturated rings. The van der Waals surface area contributed by atoms with Crippen LogP contribution in [0.2, 0.25) is 0 Å². The predicted molar refractivity (Wildman–Crippen MR) is 99.3 cm³/mol. The second-order valence-electron chi connectivity index (χ2n) is 6.44. The van der Waals surface area contributed by atoms with Gasteiger partial charge in [-0.05, 0) is 32.1 Å². The van der Waals surface area contributed by atoms with Gasteiger partial charge in [-0.3, -0.25) is 5.10 Å². The molecule has 1 aromatic heterocycles. The van der Waals surface area contributed by atoms with Crippen LogP contribution in [0, 0.1) is 0 Å². The predicted octanol–water partition coefficient (Wildman–Crippen LogP) is 4.23. The third-order valence-electron chi connectivity index (χ3n) is 4.01. The lowest BCUT2D eigenvalue weighted by molar-refractivity contribution is -0.274. The Hall–Kier alpha value is -2.26. The third-order valence-corrected chi connectivity index (χ3v) is 4.01. The van der Waals surface area contributed by atoms with E-state index in [-0.39, 0.29) is 18.1 Å². The number of nitrogens with zero attached hydrogens (tertiary/aromatic N) is 2. The van der Waals surface area contributed by atoms with Gasteiger partial charge in [-0.15, -0.1) is 13.2 Å². The number of nitrogens with one attached hydrogen (secondary N) is 1. The molecule has 0 radical (unpaired) electrons. The molecule has 0 atom stereocenters. The maximum absolute atomic E-state index is 12.7. The molecule has 0 aliphatic heterocycles. The molecule has 0 spiro atoms. The standard InChI is InChI=1S/C19H26F3N3O3/c1-4-5-6-25(2)13-15-12-23-24-18(15)14-9-16(27-8-7-26-3)11-17(10-14)28-19(20,21)22/h9-12H,4-8,13H2,1-3H3,(H,23,24). The molecule has 0 aliphatic carbocycles. The van der Waals surface area contributed by atoms with E-state index in [1.807, 2.05) is 7.05 Å². The van der Waals surface area contributed by atoms with Crippen molar-refractivity contribution in [1.29, 1.82) is 0 Å². The molecule has 2 rings (SSSR count). The fourth-order valence-electron chi connectivity index (χ4n) is 2.71. The van der Waals surface area contributed by atoms with E-state index in [1.54, 1.807) is 12.3 Å². The van der Waals surface area contributed by atoms with Gasteiger partial charge in [-0.25, -0.2) is 0 Å². The van der Waals surface area contributed by atoms with Gasteiger partial charge in [0, 0.05) is 30.8 Å². The van der Waals surface area contributed by atoms with E-state index in [4.69, 9.17) is 9.47 Å². The van der Waals surface area contributed by atoms with Crippen molar-refractivity contribution < 1.29 is 27.4 Å². The van der Waals surface area contributed by atoms with Crippen molar-refractivity contribution in [2.45, 2.75) is 32.7 Å². The van der Waals surface area contributed by atoms with E-state index in [2.05, 4.69) is 26.8 Å². The van der Waals surface area contributed by atoms with Gasteiger partial charge in [-0.1, -0.05) is 13.3 Å². The molecule has 1 heterocycles. The number of alkyl halides is 3. The first-order chi connectivity index (χ1) is 13.3. The zero-order chi connectivity index (χ0) is 20.6. The van der Waals surface area contributed by atoms with E-state index in [0.29, 0.717) is 24.4 Å². The van der Waals surface area contributed by atoms with Gasteiger partial charge in [0.15, 0.2) is 0 Å². The van der Waals surface area contributed by atoms with Crippen molar-refractivity contribution in [1.82, 2.24) is 15.1 Å². The van der Waals surface area contributed by atoms with Crippen LogP contribution in [0.25, 0.3) is 11.3 Å². The first-order valence-electron chi connectivity index (χ1n) is 9.06. The van der Waals surface area contributed by atoms with Gasteiger partial charge in [0.2, 0.25) is 0 Å². The van der Waals surface area contributed by atoms with Crippen LogP contribution in [-0.4, -0.2) is 55.4 Å². The van der Waals surface area contributed by atoms with Crippen molar-refractivity contribution in [2.75, 3.05) is 33.9 Å². The SMILES string of the molecule is CCCCN(C)Cc1cn[nH]c1-c1cc(OCCOC)cc(OC(F)(F)F)c1. The van der Waals surface area contributed by atoms with Crippen LogP contribution in [0.3, 0.4) is 0 Å². The largest absolute Gasteiger partial charge is 0.573 e. The Bertz CT molecular complexity index is 735. The minimum Gasteiger partial charge on any atom is -0.491 e. The van der Waals surface area contributed by atoms with Crippen LogP contribution in [0.4, 0.5) is 13.2 Å². The normalized spacial score (nSPS) is 11.8. The first kappa shape index (κ1) is 22.0. The molecule has 0 saturated heterocycles. The highest BCUT2D eigenvalue weighted by molar-refractivity contribution is 5.66. The highest BCUT2D eigenvalue weighted by atomic mass is 19.4. The van der Waals surface area contributed by atoms with Crippen molar-refractivity contribution >= 4 is 0 Å². The average Bonchev–Trinajstić information content (AvgIpc) is 3.06. The molecule has 28 heavy (non-hydrogen) atoms. The molecule has 1 N–H and O–H groups in total. The summed E-state index contributed by atoms with van der Waals surface area (Å²) in [6.45, 7) is 4.19. The molecule has 6 nitrogen and oxygen atoms in total. The number of methoxy groups -OCH3 is 1. The quantitative estimate of drug-likeness (QED) is 0.571. The van der Waals surface area contributed by atoms with Crippen molar-refractivity contribution in [2.24, 2.45) is 0 Å². The summed E-state index contributed by atoms with van der Waals surface area (Å²) >= 11 is 0. The number of aromatic amines is 1. The summed E-state index contributed by atoms with van der Waals surface area (Å²) in [5.74, 6) is -0.0917. The Morgan fingerprint density at radius 3 is 2.57 bits per heavy atom. The van der Waals surface area contributed by atoms with Crippen molar-refractivity contribution in [3.63, 3.8) is 0 Å². The Kier molecular flexibility index (Phi) is 8.13. The fraction of sp³-hybridized carbons (Fsp3) is 0.526. The Morgan fingerprint density at radius 1 is 1.14 bits per heavy atom. The lowest BCUT2D eigenvalue weighted by atomic mass is 10.1. The summed E-state index contributed by atoms with van der Waals surface area (Å²) in [6, 6.07) is 4.18. The second-order valence-corrected chi connectivity index (χ2v) is 6.44. The number of rotatable bonds is 11. The molecule has 0 saturated carbocycles. The maximum atomic E-state index is 12.7. The monoisotopic (exact) mass is 401 g/mol. The summed E-state index contributed by atoms with van der Waals surface area (Å²) in [7, 11) is 3.51. The summed E-state index contributed by atoms with van der Waals surface area (Å²) < 4.78 is 52.7. The minimum absolute atomic E-state index is 0.209.